The Bertz CT molecular complexity index is 565. The van der Waals surface area contributed by atoms with E-state index in [-0.39, 0.29) is 0 Å². The lowest BCUT2D eigenvalue weighted by atomic mass is 9.76. The fourth-order valence-corrected chi connectivity index (χ4v) is 5.16. The Hall–Kier alpha value is -0.870. The van der Waals surface area contributed by atoms with Crippen LogP contribution in [0.15, 0.2) is 29.2 Å². The summed E-state index contributed by atoms with van der Waals surface area (Å²) in [5.74, 6) is 1.34. The zero-order valence-electron chi connectivity index (χ0n) is 12.1. The molecule has 2 fully saturated rings. The van der Waals surface area contributed by atoms with Crippen LogP contribution in [-0.4, -0.2) is 25.8 Å². The van der Waals surface area contributed by atoms with Gasteiger partial charge in [-0.2, -0.15) is 4.31 Å². The van der Waals surface area contributed by atoms with Crippen molar-refractivity contribution in [3.8, 4) is 0 Å². The van der Waals surface area contributed by atoms with Crippen LogP contribution in [0.4, 0.5) is 0 Å². The van der Waals surface area contributed by atoms with Crippen LogP contribution in [-0.2, 0) is 10.0 Å². The highest BCUT2D eigenvalue weighted by Gasteiger charge is 2.36. The van der Waals surface area contributed by atoms with E-state index in [4.69, 9.17) is 0 Å². The van der Waals surface area contributed by atoms with Crippen LogP contribution >= 0.6 is 0 Å². The summed E-state index contributed by atoms with van der Waals surface area (Å²) in [5, 5.41) is 0. The Labute approximate surface area is 122 Å². The topological polar surface area (TPSA) is 37.4 Å². The second-order valence-corrected chi connectivity index (χ2v) is 8.21. The van der Waals surface area contributed by atoms with Crippen molar-refractivity contribution in [1.82, 2.24) is 4.31 Å². The Morgan fingerprint density at radius 2 is 1.65 bits per heavy atom. The molecule has 110 valence electrons. The molecule has 1 aliphatic heterocycles. The van der Waals surface area contributed by atoms with Gasteiger partial charge in [0, 0.05) is 13.1 Å². The maximum atomic E-state index is 12.7. The summed E-state index contributed by atoms with van der Waals surface area (Å²) in [7, 11) is -3.30. The first-order valence-electron chi connectivity index (χ1n) is 7.64. The largest absolute Gasteiger partial charge is 0.243 e. The zero-order valence-corrected chi connectivity index (χ0v) is 12.9. The number of rotatable bonds is 2. The lowest BCUT2D eigenvalue weighted by Gasteiger charge is -2.40. The van der Waals surface area contributed by atoms with Crippen LogP contribution < -0.4 is 0 Å². The molecule has 0 bridgehead atoms. The van der Waals surface area contributed by atoms with Crippen molar-refractivity contribution in [2.24, 2.45) is 11.8 Å². The van der Waals surface area contributed by atoms with Gasteiger partial charge in [0.2, 0.25) is 10.0 Å². The number of benzene rings is 1. The number of fused-ring (bicyclic) bond motifs is 1. The van der Waals surface area contributed by atoms with Crippen molar-refractivity contribution in [3.63, 3.8) is 0 Å². The molecule has 2 aliphatic rings. The highest BCUT2D eigenvalue weighted by atomic mass is 32.2. The summed E-state index contributed by atoms with van der Waals surface area (Å²) in [4.78, 5) is 0.442. The van der Waals surface area contributed by atoms with Crippen LogP contribution in [0.25, 0.3) is 0 Å². The van der Waals surface area contributed by atoms with E-state index in [0.717, 1.165) is 24.4 Å². The van der Waals surface area contributed by atoms with E-state index in [2.05, 4.69) is 0 Å². The molecule has 4 heteroatoms. The summed E-state index contributed by atoms with van der Waals surface area (Å²) in [6.45, 7) is 3.39. The predicted octanol–water partition coefficient (Wildman–Crippen LogP) is 3.20. The van der Waals surface area contributed by atoms with E-state index >= 15 is 0 Å². The zero-order chi connectivity index (χ0) is 14.2. The minimum atomic E-state index is -3.30. The highest BCUT2D eigenvalue weighted by Crippen LogP contribution is 2.37. The first kappa shape index (κ1) is 14.1. The fraction of sp³-hybridized carbons (Fsp3) is 0.625. The second kappa shape index (κ2) is 5.49. The van der Waals surface area contributed by atoms with E-state index in [1.807, 2.05) is 19.1 Å². The molecule has 0 spiro atoms. The quantitative estimate of drug-likeness (QED) is 0.839. The second-order valence-electron chi connectivity index (χ2n) is 6.27. The van der Waals surface area contributed by atoms with Crippen molar-refractivity contribution in [3.05, 3.63) is 29.8 Å². The molecule has 0 aromatic heterocycles. The third-order valence-electron chi connectivity index (χ3n) is 4.91. The molecule has 0 amide bonds. The molecule has 3 rings (SSSR count). The van der Waals surface area contributed by atoms with Crippen LogP contribution in [0, 0.1) is 18.8 Å². The van der Waals surface area contributed by atoms with E-state index in [1.165, 1.54) is 25.7 Å². The van der Waals surface area contributed by atoms with Crippen molar-refractivity contribution < 1.29 is 8.42 Å². The van der Waals surface area contributed by atoms with Gasteiger partial charge in [0.05, 0.1) is 4.90 Å². The fourth-order valence-electron chi connectivity index (χ4n) is 3.65. The third-order valence-corrected chi connectivity index (χ3v) is 6.79. The molecule has 1 saturated heterocycles. The molecule has 1 aromatic carbocycles. The minimum Gasteiger partial charge on any atom is -0.207 e. The molecule has 1 aromatic rings. The Kier molecular flexibility index (Phi) is 3.87. The van der Waals surface area contributed by atoms with E-state index in [9.17, 15) is 8.42 Å². The van der Waals surface area contributed by atoms with Crippen molar-refractivity contribution in [2.75, 3.05) is 13.1 Å². The summed E-state index contributed by atoms with van der Waals surface area (Å²) in [6, 6.07) is 7.22. The van der Waals surface area contributed by atoms with E-state index < -0.39 is 10.0 Å². The van der Waals surface area contributed by atoms with Gasteiger partial charge in [0.1, 0.15) is 0 Å². The maximum Gasteiger partial charge on any atom is 0.243 e. The molecule has 1 heterocycles. The van der Waals surface area contributed by atoms with E-state index in [1.54, 1.807) is 16.4 Å². The summed E-state index contributed by atoms with van der Waals surface area (Å²) >= 11 is 0. The van der Waals surface area contributed by atoms with Crippen molar-refractivity contribution >= 4 is 10.0 Å². The van der Waals surface area contributed by atoms with Crippen molar-refractivity contribution in [2.45, 2.75) is 43.9 Å². The molecule has 1 aliphatic carbocycles. The van der Waals surface area contributed by atoms with Gasteiger partial charge in [0.25, 0.3) is 0 Å². The lowest BCUT2D eigenvalue weighted by Crippen LogP contribution is -2.44. The van der Waals surface area contributed by atoms with Gasteiger partial charge in [-0.3, -0.25) is 0 Å². The van der Waals surface area contributed by atoms with Crippen LogP contribution in [0.3, 0.4) is 0 Å². The first-order chi connectivity index (χ1) is 9.57. The first-order valence-corrected chi connectivity index (χ1v) is 9.08. The molecule has 20 heavy (non-hydrogen) atoms. The van der Waals surface area contributed by atoms with Crippen LogP contribution in [0.2, 0.25) is 0 Å². The average molecular weight is 293 g/mol. The van der Waals surface area contributed by atoms with E-state index in [0.29, 0.717) is 17.4 Å². The molecule has 1 saturated carbocycles. The van der Waals surface area contributed by atoms with Gasteiger partial charge in [-0.15, -0.1) is 0 Å². The Balaban J connectivity index is 1.79. The minimum absolute atomic E-state index is 0.442. The number of aryl methyl sites for hydroxylation is 1. The van der Waals surface area contributed by atoms with Gasteiger partial charge >= 0.3 is 0 Å². The predicted molar refractivity (Wildman–Crippen MR) is 80.0 cm³/mol. The van der Waals surface area contributed by atoms with Gasteiger partial charge < -0.3 is 0 Å². The summed E-state index contributed by atoms with van der Waals surface area (Å²) in [6.07, 6.45) is 6.12. The SMILES string of the molecule is Cc1ccc(S(=O)(=O)N2CC[C@@H]3CCCC[C@H]3C2)cc1. The third kappa shape index (κ3) is 2.63. The Morgan fingerprint density at radius 1 is 1.00 bits per heavy atom. The molecule has 0 unspecified atom stereocenters. The molecule has 0 N–H and O–H groups in total. The molecule has 3 nitrogen and oxygen atoms in total. The molecular weight excluding hydrogens is 270 g/mol. The lowest BCUT2D eigenvalue weighted by molar-refractivity contribution is 0.136. The molecular formula is C16H23NO2S. The average Bonchev–Trinajstić information content (AvgIpc) is 2.47. The van der Waals surface area contributed by atoms with Gasteiger partial charge in [-0.1, -0.05) is 37.0 Å². The van der Waals surface area contributed by atoms with Gasteiger partial charge in [0.15, 0.2) is 0 Å². The number of sulfonamides is 1. The highest BCUT2D eigenvalue weighted by molar-refractivity contribution is 7.89. The summed E-state index contributed by atoms with van der Waals surface area (Å²) in [5.41, 5.74) is 1.09. The Morgan fingerprint density at radius 3 is 2.35 bits per heavy atom. The maximum absolute atomic E-state index is 12.7. The number of piperidine rings is 1. The monoisotopic (exact) mass is 293 g/mol. The molecule has 0 radical (unpaired) electrons. The molecule has 2 atom stereocenters. The number of hydrogen-bond acceptors (Lipinski definition) is 2. The van der Waals surface area contributed by atoms with Crippen LogP contribution in [0.1, 0.15) is 37.7 Å². The smallest absolute Gasteiger partial charge is 0.207 e. The normalized spacial score (nSPS) is 28.1. The van der Waals surface area contributed by atoms with Crippen LogP contribution in [0.5, 0.6) is 0 Å². The van der Waals surface area contributed by atoms with Gasteiger partial charge in [-0.05, 0) is 43.7 Å². The van der Waals surface area contributed by atoms with Gasteiger partial charge in [-0.25, -0.2) is 8.42 Å². The van der Waals surface area contributed by atoms with Crippen molar-refractivity contribution in [1.29, 1.82) is 0 Å². The number of hydrogen-bond donors (Lipinski definition) is 0. The number of nitrogens with zero attached hydrogens (tertiary/aromatic N) is 1. The standard InChI is InChI=1S/C16H23NO2S/c1-13-6-8-16(9-7-13)20(18,19)17-11-10-14-4-2-3-5-15(14)12-17/h6-9,14-15H,2-5,10-12H2,1H3/t14-,15-/m0/s1. The summed E-state index contributed by atoms with van der Waals surface area (Å²) < 4.78 is 27.1.